The van der Waals surface area contributed by atoms with Gasteiger partial charge in [-0.25, -0.2) is 0 Å². The number of nitrogens with zero attached hydrogens (tertiary/aromatic N) is 6. The highest BCUT2D eigenvalue weighted by Gasteiger charge is 2.33. The molecule has 28 heavy (non-hydrogen) atoms. The Labute approximate surface area is 160 Å². The van der Waals surface area contributed by atoms with Crippen LogP contribution in [0.2, 0.25) is 0 Å². The van der Waals surface area contributed by atoms with Crippen molar-refractivity contribution in [3.8, 4) is 11.6 Å². The Balaban J connectivity index is 1.64. The van der Waals surface area contributed by atoms with Crippen LogP contribution in [-0.4, -0.2) is 42.6 Å². The second-order valence-electron chi connectivity index (χ2n) is 6.66. The number of amides is 1. The molecule has 0 saturated carbocycles. The van der Waals surface area contributed by atoms with Gasteiger partial charge in [0.1, 0.15) is 17.9 Å². The first kappa shape index (κ1) is 16.4. The molecule has 1 amide bonds. The minimum absolute atomic E-state index is 0.0557. The Morgan fingerprint density at radius 1 is 1.14 bits per heavy atom. The number of benzene rings is 1. The van der Waals surface area contributed by atoms with Crippen molar-refractivity contribution in [2.45, 2.75) is 19.3 Å². The van der Waals surface area contributed by atoms with E-state index in [1.807, 2.05) is 37.3 Å². The van der Waals surface area contributed by atoms with E-state index in [2.05, 4.69) is 25.7 Å². The number of carbonyl (C=O) groups is 1. The average molecular weight is 375 g/mol. The molecule has 0 unspecified atom stereocenters. The maximum Gasteiger partial charge on any atom is 0.226 e. The van der Waals surface area contributed by atoms with Gasteiger partial charge in [0.15, 0.2) is 11.5 Å². The maximum absolute atomic E-state index is 12.5. The molecule has 0 spiro atoms. The van der Waals surface area contributed by atoms with E-state index in [9.17, 15) is 4.79 Å². The summed E-state index contributed by atoms with van der Waals surface area (Å²) >= 11 is 0. The van der Waals surface area contributed by atoms with Crippen molar-refractivity contribution >= 4 is 17.4 Å². The Hall–Kier alpha value is -3.75. The van der Waals surface area contributed by atoms with Gasteiger partial charge in [-0.15, -0.1) is 15.3 Å². The normalized spacial score (nSPS) is 16.1. The van der Waals surface area contributed by atoms with Crippen molar-refractivity contribution in [3.05, 3.63) is 59.5 Å². The van der Waals surface area contributed by atoms with Crippen LogP contribution in [0, 0.1) is 6.92 Å². The molecule has 5 rings (SSSR count). The summed E-state index contributed by atoms with van der Waals surface area (Å²) in [6.45, 7) is 1.95. The van der Waals surface area contributed by atoms with Gasteiger partial charge in [0.05, 0.1) is 12.8 Å². The highest BCUT2D eigenvalue weighted by molar-refractivity contribution is 5.95. The van der Waals surface area contributed by atoms with E-state index in [-0.39, 0.29) is 11.8 Å². The second-order valence-corrected chi connectivity index (χ2v) is 6.66. The van der Waals surface area contributed by atoms with Gasteiger partial charge in [0, 0.05) is 17.9 Å². The van der Waals surface area contributed by atoms with Crippen LogP contribution in [-0.2, 0) is 4.79 Å². The SMILES string of the molecule is COc1ccc([C@@H]2CC(=O)Nc3c2c(C)nn3-c2ccc3nncn3n2)cc1. The van der Waals surface area contributed by atoms with Crippen LogP contribution >= 0.6 is 0 Å². The smallest absolute Gasteiger partial charge is 0.226 e. The van der Waals surface area contributed by atoms with Gasteiger partial charge >= 0.3 is 0 Å². The molecule has 0 radical (unpaired) electrons. The number of fused-ring (bicyclic) bond motifs is 2. The fraction of sp³-hybridized carbons (Fsp3) is 0.211. The predicted octanol–water partition coefficient (Wildman–Crippen LogP) is 2.10. The Morgan fingerprint density at radius 2 is 1.96 bits per heavy atom. The van der Waals surface area contributed by atoms with E-state index in [0.29, 0.717) is 23.7 Å². The van der Waals surface area contributed by atoms with Gasteiger partial charge in [0.2, 0.25) is 5.91 Å². The summed E-state index contributed by atoms with van der Waals surface area (Å²) in [6.07, 6.45) is 1.89. The quantitative estimate of drug-likeness (QED) is 0.589. The topological polar surface area (TPSA) is 99.2 Å². The van der Waals surface area contributed by atoms with Crippen LogP contribution in [0.4, 0.5) is 5.82 Å². The summed E-state index contributed by atoms with van der Waals surface area (Å²) in [7, 11) is 1.63. The number of ether oxygens (including phenoxy) is 1. The summed E-state index contributed by atoms with van der Waals surface area (Å²) in [5.74, 6) is 1.87. The Bertz CT molecular complexity index is 1190. The monoisotopic (exact) mass is 375 g/mol. The zero-order chi connectivity index (χ0) is 19.3. The molecule has 0 bridgehead atoms. The van der Waals surface area contributed by atoms with Gasteiger partial charge in [-0.05, 0) is 36.8 Å². The lowest BCUT2D eigenvalue weighted by Gasteiger charge is -2.24. The molecular formula is C19H17N7O2. The number of hydrogen-bond acceptors (Lipinski definition) is 6. The minimum Gasteiger partial charge on any atom is -0.497 e. The largest absolute Gasteiger partial charge is 0.497 e. The molecule has 3 aromatic heterocycles. The molecular weight excluding hydrogens is 358 g/mol. The first-order valence-corrected chi connectivity index (χ1v) is 8.85. The zero-order valence-corrected chi connectivity index (χ0v) is 15.3. The molecule has 1 aliphatic heterocycles. The summed E-state index contributed by atoms with van der Waals surface area (Å²) in [5.41, 5.74) is 3.53. The van der Waals surface area contributed by atoms with Crippen molar-refractivity contribution in [1.82, 2.24) is 29.6 Å². The number of rotatable bonds is 3. The molecule has 1 N–H and O–H groups in total. The molecule has 0 saturated heterocycles. The van der Waals surface area contributed by atoms with Crippen LogP contribution in [0.25, 0.3) is 11.5 Å². The third-order valence-electron chi connectivity index (χ3n) is 4.99. The van der Waals surface area contributed by atoms with Gasteiger partial charge in [-0.1, -0.05) is 12.1 Å². The van der Waals surface area contributed by atoms with Gasteiger partial charge in [-0.3, -0.25) is 4.79 Å². The van der Waals surface area contributed by atoms with Crippen LogP contribution in [0.5, 0.6) is 5.75 Å². The molecule has 1 aromatic carbocycles. The van der Waals surface area contributed by atoms with E-state index < -0.39 is 0 Å². The van der Waals surface area contributed by atoms with E-state index in [0.717, 1.165) is 22.6 Å². The lowest BCUT2D eigenvalue weighted by Crippen LogP contribution is -2.25. The molecule has 4 aromatic rings. The fourth-order valence-corrected chi connectivity index (χ4v) is 3.67. The van der Waals surface area contributed by atoms with Crippen LogP contribution in [0.3, 0.4) is 0 Å². The van der Waals surface area contributed by atoms with Crippen LogP contribution < -0.4 is 10.1 Å². The number of anilines is 1. The van der Waals surface area contributed by atoms with Crippen molar-refractivity contribution in [2.75, 3.05) is 12.4 Å². The summed E-state index contributed by atoms with van der Waals surface area (Å²) in [5, 5.41) is 19.9. The number of aryl methyl sites for hydroxylation is 1. The molecule has 0 fully saturated rings. The van der Waals surface area contributed by atoms with Gasteiger partial charge in [0.25, 0.3) is 0 Å². The van der Waals surface area contributed by atoms with E-state index in [1.54, 1.807) is 22.4 Å². The van der Waals surface area contributed by atoms with Crippen molar-refractivity contribution < 1.29 is 9.53 Å². The minimum atomic E-state index is -0.0814. The Kier molecular flexibility index (Phi) is 3.61. The lowest BCUT2D eigenvalue weighted by atomic mass is 9.86. The molecule has 9 heteroatoms. The van der Waals surface area contributed by atoms with E-state index in [4.69, 9.17) is 4.74 Å². The van der Waals surface area contributed by atoms with E-state index >= 15 is 0 Å². The predicted molar refractivity (Wildman–Crippen MR) is 101 cm³/mol. The van der Waals surface area contributed by atoms with Crippen molar-refractivity contribution in [1.29, 1.82) is 0 Å². The van der Waals surface area contributed by atoms with E-state index in [1.165, 1.54) is 6.33 Å². The summed E-state index contributed by atoms with van der Waals surface area (Å²) in [4.78, 5) is 12.5. The maximum atomic E-state index is 12.5. The molecule has 0 aliphatic carbocycles. The third-order valence-corrected chi connectivity index (χ3v) is 4.99. The molecule has 1 atom stereocenters. The average Bonchev–Trinajstić information content (AvgIpc) is 3.31. The van der Waals surface area contributed by atoms with Crippen molar-refractivity contribution in [2.24, 2.45) is 0 Å². The number of carbonyl (C=O) groups excluding carboxylic acids is 1. The fourth-order valence-electron chi connectivity index (χ4n) is 3.67. The van der Waals surface area contributed by atoms with Gasteiger partial charge in [-0.2, -0.15) is 14.3 Å². The molecule has 1 aliphatic rings. The molecule has 140 valence electrons. The van der Waals surface area contributed by atoms with Crippen LogP contribution in [0.1, 0.15) is 29.2 Å². The summed E-state index contributed by atoms with van der Waals surface area (Å²) < 4.78 is 8.48. The number of methoxy groups -OCH3 is 1. The summed E-state index contributed by atoms with van der Waals surface area (Å²) in [6, 6.07) is 11.4. The number of nitrogens with one attached hydrogen (secondary N) is 1. The zero-order valence-electron chi connectivity index (χ0n) is 15.3. The molecule has 4 heterocycles. The number of hydrogen-bond donors (Lipinski definition) is 1. The third kappa shape index (κ3) is 2.51. The second kappa shape index (κ2) is 6.15. The first-order valence-electron chi connectivity index (χ1n) is 8.85. The Morgan fingerprint density at radius 3 is 2.75 bits per heavy atom. The standard InChI is InChI=1S/C19H17N7O2/c1-11-18-14(12-3-5-13(28-2)6-4-12)9-17(27)21-19(18)26(23-11)16-8-7-15-22-20-10-25(15)24-16/h3-8,10,14H,9H2,1-2H3,(H,21,27)/t14-/m0/s1. The first-order chi connectivity index (χ1) is 13.6. The lowest BCUT2D eigenvalue weighted by molar-refractivity contribution is -0.116. The highest BCUT2D eigenvalue weighted by Crippen LogP contribution is 2.40. The molecule has 9 nitrogen and oxygen atoms in total. The van der Waals surface area contributed by atoms with Crippen molar-refractivity contribution in [3.63, 3.8) is 0 Å². The highest BCUT2D eigenvalue weighted by atomic mass is 16.5. The number of aromatic nitrogens is 6. The van der Waals surface area contributed by atoms with Crippen LogP contribution in [0.15, 0.2) is 42.7 Å². The van der Waals surface area contributed by atoms with Gasteiger partial charge < -0.3 is 10.1 Å².